The molecule has 1 nitrogen and oxygen atoms in total. The lowest BCUT2D eigenvalue weighted by Crippen LogP contribution is -2.36. The van der Waals surface area contributed by atoms with Gasteiger partial charge in [0.15, 0.2) is 0 Å². The van der Waals surface area contributed by atoms with Gasteiger partial charge in [0.05, 0.1) is 0 Å². The highest BCUT2D eigenvalue weighted by molar-refractivity contribution is 8.00. The molecule has 0 aliphatic carbocycles. The van der Waals surface area contributed by atoms with Crippen molar-refractivity contribution in [2.75, 3.05) is 12.8 Å². The van der Waals surface area contributed by atoms with Gasteiger partial charge in [-0.2, -0.15) is 11.8 Å². The van der Waals surface area contributed by atoms with Crippen LogP contribution in [-0.2, 0) is 6.54 Å². The first-order chi connectivity index (χ1) is 8.15. The van der Waals surface area contributed by atoms with Crippen molar-refractivity contribution in [2.45, 2.75) is 38.0 Å². The van der Waals surface area contributed by atoms with E-state index in [0.29, 0.717) is 4.75 Å². The number of hydrogen-bond donors (Lipinski definition) is 1. The SMILES string of the molecule is CCC(CC)(CNCc1ccc(Cl)cc1)SC. The molecule has 1 aromatic carbocycles. The van der Waals surface area contributed by atoms with Crippen molar-refractivity contribution in [3.05, 3.63) is 34.9 Å². The molecule has 0 atom stereocenters. The Morgan fingerprint density at radius 3 is 2.24 bits per heavy atom. The third-order valence-corrected chi connectivity index (χ3v) is 5.25. The van der Waals surface area contributed by atoms with Gasteiger partial charge in [-0.3, -0.25) is 0 Å². The lowest BCUT2D eigenvalue weighted by Gasteiger charge is -2.30. The van der Waals surface area contributed by atoms with E-state index in [1.54, 1.807) is 0 Å². The Labute approximate surface area is 114 Å². The standard InChI is InChI=1S/C14H22ClNS/c1-4-14(5-2,17-3)11-16-10-12-6-8-13(15)9-7-12/h6-9,16H,4-5,10-11H2,1-3H3. The summed E-state index contributed by atoms with van der Waals surface area (Å²) >= 11 is 7.83. The van der Waals surface area contributed by atoms with E-state index in [1.807, 2.05) is 23.9 Å². The van der Waals surface area contributed by atoms with E-state index in [4.69, 9.17) is 11.6 Å². The summed E-state index contributed by atoms with van der Waals surface area (Å²) in [4.78, 5) is 0. The van der Waals surface area contributed by atoms with Crippen molar-refractivity contribution >= 4 is 23.4 Å². The molecular formula is C14H22ClNS. The summed E-state index contributed by atoms with van der Waals surface area (Å²) in [5.74, 6) is 0. The molecule has 0 unspecified atom stereocenters. The summed E-state index contributed by atoms with van der Waals surface area (Å²) in [6.45, 7) is 6.51. The smallest absolute Gasteiger partial charge is 0.0406 e. The largest absolute Gasteiger partial charge is 0.311 e. The van der Waals surface area contributed by atoms with Crippen LogP contribution in [0.25, 0.3) is 0 Å². The zero-order valence-electron chi connectivity index (χ0n) is 10.9. The van der Waals surface area contributed by atoms with Crippen LogP contribution in [0.1, 0.15) is 32.3 Å². The molecule has 0 spiro atoms. The normalized spacial score (nSPS) is 11.8. The lowest BCUT2D eigenvalue weighted by atomic mass is 10.0. The molecule has 0 aliphatic heterocycles. The molecule has 1 aromatic rings. The van der Waals surface area contributed by atoms with Gasteiger partial charge in [0.2, 0.25) is 0 Å². The zero-order valence-corrected chi connectivity index (χ0v) is 12.5. The van der Waals surface area contributed by atoms with Gasteiger partial charge in [0, 0.05) is 22.9 Å². The van der Waals surface area contributed by atoms with Crippen molar-refractivity contribution < 1.29 is 0 Å². The fourth-order valence-electron chi connectivity index (χ4n) is 1.90. The Morgan fingerprint density at radius 2 is 1.76 bits per heavy atom. The predicted molar refractivity (Wildman–Crippen MR) is 80.0 cm³/mol. The van der Waals surface area contributed by atoms with Gasteiger partial charge in [-0.05, 0) is 36.8 Å². The van der Waals surface area contributed by atoms with Gasteiger partial charge in [-0.25, -0.2) is 0 Å². The van der Waals surface area contributed by atoms with Crippen LogP contribution in [-0.4, -0.2) is 17.5 Å². The van der Waals surface area contributed by atoms with Gasteiger partial charge in [0.1, 0.15) is 0 Å². The first-order valence-corrected chi connectivity index (χ1v) is 7.76. The van der Waals surface area contributed by atoms with Gasteiger partial charge in [0.25, 0.3) is 0 Å². The second-order valence-electron chi connectivity index (χ2n) is 4.32. The maximum atomic E-state index is 5.86. The Balaban J connectivity index is 2.43. The number of rotatable bonds is 7. The molecule has 0 radical (unpaired) electrons. The third-order valence-electron chi connectivity index (χ3n) is 3.41. The Morgan fingerprint density at radius 1 is 1.18 bits per heavy atom. The molecule has 0 heterocycles. The monoisotopic (exact) mass is 271 g/mol. The average Bonchev–Trinajstić information content (AvgIpc) is 2.38. The minimum absolute atomic E-state index is 0.381. The Kier molecular flexibility index (Phi) is 6.39. The lowest BCUT2D eigenvalue weighted by molar-refractivity contribution is 0.495. The maximum Gasteiger partial charge on any atom is 0.0406 e. The van der Waals surface area contributed by atoms with Crippen molar-refractivity contribution in [2.24, 2.45) is 0 Å². The first kappa shape index (κ1) is 14.9. The van der Waals surface area contributed by atoms with Gasteiger partial charge in [-0.15, -0.1) is 0 Å². The molecule has 17 heavy (non-hydrogen) atoms. The summed E-state index contributed by atoms with van der Waals surface area (Å²) < 4.78 is 0.381. The molecule has 3 heteroatoms. The average molecular weight is 272 g/mol. The molecule has 0 saturated heterocycles. The highest BCUT2D eigenvalue weighted by Gasteiger charge is 2.23. The number of benzene rings is 1. The molecule has 0 aliphatic rings. The van der Waals surface area contributed by atoms with Crippen LogP contribution in [0.15, 0.2) is 24.3 Å². The van der Waals surface area contributed by atoms with Gasteiger partial charge < -0.3 is 5.32 Å². The first-order valence-electron chi connectivity index (χ1n) is 6.16. The summed E-state index contributed by atoms with van der Waals surface area (Å²) in [5.41, 5.74) is 1.29. The summed E-state index contributed by atoms with van der Waals surface area (Å²) in [5, 5.41) is 4.35. The summed E-state index contributed by atoms with van der Waals surface area (Å²) in [6, 6.07) is 8.04. The molecule has 0 aromatic heterocycles. The summed E-state index contributed by atoms with van der Waals surface area (Å²) in [6.07, 6.45) is 4.62. The van der Waals surface area contributed by atoms with E-state index >= 15 is 0 Å². The topological polar surface area (TPSA) is 12.0 Å². The van der Waals surface area contributed by atoms with Gasteiger partial charge >= 0.3 is 0 Å². The molecule has 0 amide bonds. The van der Waals surface area contributed by atoms with E-state index < -0.39 is 0 Å². The number of thioether (sulfide) groups is 1. The van der Waals surface area contributed by atoms with Crippen LogP contribution in [0.2, 0.25) is 5.02 Å². The Hall–Kier alpha value is -0.180. The van der Waals surface area contributed by atoms with Crippen LogP contribution >= 0.6 is 23.4 Å². The number of halogens is 1. The van der Waals surface area contributed by atoms with Crippen LogP contribution in [0.5, 0.6) is 0 Å². The molecule has 0 saturated carbocycles. The number of hydrogen-bond acceptors (Lipinski definition) is 2. The van der Waals surface area contributed by atoms with Crippen molar-refractivity contribution in [3.63, 3.8) is 0 Å². The van der Waals surface area contributed by atoms with Crippen LogP contribution in [0.4, 0.5) is 0 Å². The van der Waals surface area contributed by atoms with Crippen molar-refractivity contribution in [3.8, 4) is 0 Å². The fourth-order valence-corrected chi connectivity index (χ4v) is 2.85. The van der Waals surface area contributed by atoms with E-state index in [1.165, 1.54) is 18.4 Å². The maximum absolute atomic E-state index is 5.86. The van der Waals surface area contributed by atoms with Crippen molar-refractivity contribution in [1.82, 2.24) is 5.32 Å². The summed E-state index contributed by atoms with van der Waals surface area (Å²) in [7, 11) is 0. The van der Waals surface area contributed by atoms with E-state index in [2.05, 4.69) is 37.6 Å². The zero-order chi connectivity index (χ0) is 12.7. The van der Waals surface area contributed by atoms with Crippen LogP contribution in [0.3, 0.4) is 0 Å². The van der Waals surface area contributed by atoms with E-state index in [-0.39, 0.29) is 0 Å². The second-order valence-corrected chi connectivity index (χ2v) is 6.03. The second kappa shape index (κ2) is 7.30. The highest BCUT2D eigenvalue weighted by Crippen LogP contribution is 2.29. The molecule has 0 fully saturated rings. The molecule has 96 valence electrons. The minimum atomic E-state index is 0.381. The Bertz CT molecular complexity index is 311. The molecular weight excluding hydrogens is 250 g/mol. The van der Waals surface area contributed by atoms with Gasteiger partial charge in [-0.1, -0.05) is 37.6 Å². The minimum Gasteiger partial charge on any atom is -0.311 e. The molecule has 1 rings (SSSR count). The molecule has 1 N–H and O–H groups in total. The fraction of sp³-hybridized carbons (Fsp3) is 0.571. The predicted octanol–water partition coefficient (Wildman–Crippen LogP) is 4.35. The quantitative estimate of drug-likeness (QED) is 0.791. The van der Waals surface area contributed by atoms with Crippen LogP contribution < -0.4 is 5.32 Å². The highest BCUT2D eigenvalue weighted by atomic mass is 35.5. The van der Waals surface area contributed by atoms with E-state index in [9.17, 15) is 0 Å². The van der Waals surface area contributed by atoms with Crippen molar-refractivity contribution in [1.29, 1.82) is 0 Å². The van der Waals surface area contributed by atoms with Crippen LogP contribution in [0, 0.1) is 0 Å². The third kappa shape index (κ3) is 4.53. The van der Waals surface area contributed by atoms with E-state index in [0.717, 1.165) is 18.1 Å². The molecule has 0 bridgehead atoms. The number of nitrogens with one attached hydrogen (secondary N) is 1.